The predicted molar refractivity (Wildman–Crippen MR) is 96.4 cm³/mol. The Hall–Kier alpha value is -2.83. The van der Waals surface area contributed by atoms with Gasteiger partial charge in [0, 0.05) is 6.08 Å². The Morgan fingerprint density at radius 1 is 1.23 bits per heavy atom. The fraction of sp³-hybridized carbons (Fsp3) is 0.421. The van der Waals surface area contributed by atoms with Crippen molar-refractivity contribution in [1.29, 1.82) is 0 Å². The molecule has 1 N–H and O–H groups in total. The minimum Gasteiger partial charge on any atom is -0.497 e. The quantitative estimate of drug-likeness (QED) is 0.533. The van der Waals surface area contributed by atoms with Gasteiger partial charge in [0.2, 0.25) is 0 Å². The van der Waals surface area contributed by atoms with Crippen molar-refractivity contribution in [3.8, 4) is 5.75 Å². The predicted octanol–water partition coefficient (Wildman–Crippen LogP) is 1.96. The Kier molecular flexibility index (Phi) is 8.91. The zero-order valence-electron chi connectivity index (χ0n) is 15.5. The molecule has 0 unspecified atom stereocenters. The highest BCUT2D eigenvalue weighted by atomic mass is 16.5. The van der Waals surface area contributed by atoms with E-state index in [-0.39, 0.29) is 5.92 Å². The van der Waals surface area contributed by atoms with Gasteiger partial charge in [-0.05, 0) is 29.7 Å². The second kappa shape index (κ2) is 10.9. The maximum atomic E-state index is 11.9. The monoisotopic (exact) mass is 363 g/mol. The minimum atomic E-state index is -0.775. The molecule has 0 aliphatic carbocycles. The first kappa shape index (κ1) is 21.2. The average molecular weight is 363 g/mol. The third kappa shape index (κ3) is 6.96. The molecule has 0 fully saturated rings. The number of esters is 2. The molecule has 0 saturated heterocycles. The van der Waals surface area contributed by atoms with Crippen LogP contribution in [-0.2, 0) is 23.9 Å². The smallest absolute Gasteiger partial charge is 0.331 e. The lowest BCUT2D eigenvalue weighted by molar-refractivity contribution is -0.148. The largest absolute Gasteiger partial charge is 0.497 e. The van der Waals surface area contributed by atoms with Crippen molar-refractivity contribution in [2.24, 2.45) is 5.92 Å². The maximum Gasteiger partial charge on any atom is 0.331 e. The molecule has 142 valence electrons. The summed E-state index contributed by atoms with van der Waals surface area (Å²) >= 11 is 0. The Morgan fingerprint density at radius 2 is 1.96 bits per heavy atom. The van der Waals surface area contributed by atoms with Crippen LogP contribution in [0.15, 0.2) is 30.3 Å². The molecule has 7 heteroatoms. The number of carbonyl (C=O) groups excluding carboxylic acids is 3. The van der Waals surface area contributed by atoms with Gasteiger partial charge in [0.15, 0.2) is 6.61 Å². The van der Waals surface area contributed by atoms with Crippen LogP contribution < -0.4 is 10.1 Å². The van der Waals surface area contributed by atoms with Crippen molar-refractivity contribution >= 4 is 23.9 Å². The van der Waals surface area contributed by atoms with Gasteiger partial charge in [0.05, 0.1) is 14.2 Å². The zero-order chi connectivity index (χ0) is 19.5. The van der Waals surface area contributed by atoms with E-state index in [0.717, 1.165) is 5.56 Å². The minimum absolute atomic E-state index is 0.102. The Labute approximate surface area is 153 Å². The van der Waals surface area contributed by atoms with Crippen molar-refractivity contribution in [2.75, 3.05) is 20.8 Å². The van der Waals surface area contributed by atoms with Crippen LogP contribution in [-0.4, -0.2) is 44.7 Å². The second-order valence-corrected chi connectivity index (χ2v) is 5.67. The second-order valence-electron chi connectivity index (χ2n) is 5.67. The lowest BCUT2D eigenvalue weighted by atomic mass is 9.99. The molecule has 0 bridgehead atoms. The van der Waals surface area contributed by atoms with E-state index in [4.69, 9.17) is 9.47 Å². The third-order valence-corrected chi connectivity index (χ3v) is 3.84. The lowest BCUT2D eigenvalue weighted by Gasteiger charge is -2.21. The topological polar surface area (TPSA) is 90.9 Å². The number of nitrogens with one attached hydrogen (secondary N) is 1. The first-order valence-corrected chi connectivity index (χ1v) is 8.27. The Balaban J connectivity index is 2.53. The number of hydrogen-bond acceptors (Lipinski definition) is 6. The van der Waals surface area contributed by atoms with Crippen LogP contribution in [0.5, 0.6) is 5.75 Å². The van der Waals surface area contributed by atoms with Crippen LogP contribution in [0, 0.1) is 5.92 Å². The summed E-state index contributed by atoms with van der Waals surface area (Å²) in [4.78, 5) is 35.4. The summed E-state index contributed by atoms with van der Waals surface area (Å²) in [5.41, 5.74) is 0.758. The Morgan fingerprint density at radius 3 is 2.58 bits per heavy atom. The van der Waals surface area contributed by atoms with E-state index in [2.05, 4.69) is 10.1 Å². The SMILES string of the molecule is CC[C@H](C)[C@H](NC(=O)COC(=O)/C=C/c1cccc(OC)c1)C(=O)OC. The number of methoxy groups -OCH3 is 2. The standard InChI is InChI=1S/C19H25NO6/c1-5-13(2)18(19(23)25-4)20-16(21)12-26-17(22)10-9-14-7-6-8-15(11-14)24-3/h6-11,13,18H,5,12H2,1-4H3,(H,20,21)/b10-9+/t13-,18-/m0/s1. The molecule has 0 aromatic heterocycles. The fourth-order valence-electron chi connectivity index (χ4n) is 2.11. The van der Waals surface area contributed by atoms with Crippen LogP contribution in [0.1, 0.15) is 25.8 Å². The number of benzene rings is 1. The normalized spacial score (nSPS) is 12.9. The summed E-state index contributed by atoms with van der Waals surface area (Å²) in [7, 11) is 2.81. The van der Waals surface area contributed by atoms with E-state index in [9.17, 15) is 14.4 Å². The number of rotatable bonds is 9. The third-order valence-electron chi connectivity index (χ3n) is 3.84. The highest BCUT2D eigenvalue weighted by Crippen LogP contribution is 2.13. The first-order valence-electron chi connectivity index (χ1n) is 8.27. The molecule has 1 aromatic carbocycles. The van der Waals surface area contributed by atoms with Gasteiger partial charge in [-0.25, -0.2) is 9.59 Å². The number of carbonyl (C=O) groups is 3. The van der Waals surface area contributed by atoms with Gasteiger partial charge < -0.3 is 19.5 Å². The van der Waals surface area contributed by atoms with Gasteiger partial charge in [0.25, 0.3) is 5.91 Å². The molecule has 0 heterocycles. The molecular weight excluding hydrogens is 338 g/mol. The zero-order valence-corrected chi connectivity index (χ0v) is 15.5. The van der Waals surface area contributed by atoms with Crippen LogP contribution >= 0.6 is 0 Å². The van der Waals surface area contributed by atoms with E-state index in [1.165, 1.54) is 13.2 Å². The molecule has 1 rings (SSSR count). The van der Waals surface area contributed by atoms with Crippen molar-refractivity contribution in [3.63, 3.8) is 0 Å². The van der Waals surface area contributed by atoms with E-state index in [1.54, 1.807) is 37.5 Å². The summed E-state index contributed by atoms with van der Waals surface area (Å²) in [6, 6.07) is 6.35. The van der Waals surface area contributed by atoms with E-state index in [0.29, 0.717) is 12.2 Å². The van der Waals surface area contributed by atoms with Gasteiger partial charge in [0.1, 0.15) is 11.8 Å². The molecule has 0 aliphatic heterocycles. The molecule has 1 amide bonds. The highest BCUT2D eigenvalue weighted by molar-refractivity contribution is 5.90. The molecule has 0 spiro atoms. The molecule has 7 nitrogen and oxygen atoms in total. The van der Waals surface area contributed by atoms with Crippen molar-refractivity contribution < 1.29 is 28.6 Å². The summed E-state index contributed by atoms with van der Waals surface area (Å²) < 4.78 is 14.7. The average Bonchev–Trinajstić information content (AvgIpc) is 2.67. The molecule has 2 atom stereocenters. The maximum absolute atomic E-state index is 11.9. The summed E-state index contributed by atoms with van der Waals surface area (Å²) in [6.45, 7) is 3.24. The molecule has 26 heavy (non-hydrogen) atoms. The fourth-order valence-corrected chi connectivity index (χ4v) is 2.11. The van der Waals surface area contributed by atoms with Crippen LogP contribution in [0.25, 0.3) is 6.08 Å². The molecular formula is C19H25NO6. The molecule has 0 saturated carbocycles. The first-order chi connectivity index (χ1) is 12.4. The molecule has 0 radical (unpaired) electrons. The lowest BCUT2D eigenvalue weighted by Crippen LogP contribution is -2.47. The van der Waals surface area contributed by atoms with E-state index < -0.39 is 30.5 Å². The van der Waals surface area contributed by atoms with Crippen LogP contribution in [0.4, 0.5) is 0 Å². The van der Waals surface area contributed by atoms with Crippen LogP contribution in [0.3, 0.4) is 0 Å². The van der Waals surface area contributed by atoms with Crippen molar-refractivity contribution in [3.05, 3.63) is 35.9 Å². The molecule has 1 aromatic rings. The van der Waals surface area contributed by atoms with E-state index in [1.807, 2.05) is 13.8 Å². The number of amides is 1. The highest BCUT2D eigenvalue weighted by Gasteiger charge is 2.26. The summed E-state index contributed by atoms with van der Waals surface area (Å²) in [5, 5.41) is 2.53. The van der Waals surface area contributed by atoms with Gasteiger partial charge >= 0.3 is 11.9 Å². The van der Waals surface area contributed by atoms with Crippen molar-refractivity contribution in [2.45, 2.75) is 26.3 Å². The number of hydrogen-bond donors (Lipinski definition) is 1. The summed E-state index contributed by atoms with van der Waals surface area (Å²) in [6.07, 6.45) is 3.46. The van der Waals surface area contributed by atoms with Gasteiger partial charge in [-0.15, -0.1) is 0 Å². The van der Waals surface area contributed by atoms with Gasteiger partial charge in [-0.2, -0.15) is 0 Å². The molecule has 0 aliphatic rings. The van der Waals surface area contributed by atoms with Gasteiger partial charge in [-0.1, -0.05) is 32.4 Å². The van der Waals surface area contributed by atoms with Gasteiger partial charge in [-0.3, -0.25) is 4.79 Å². The van der Waals surface area contributed by atoms with Crippen LogP contribution in [0.2, 0.25) is 0 Å². The van der Waals surface area contributed by atoms with Crippen molar-refractivity contribution in [1.82, 2.24) is 5.32 Å². The number of ether oxygens (including phenoxy) is 3. The summed E-state index contributed by atoms with van der Waals surface area (Å²) in [5.74, 6) is -1.20. The Bertz CT molecular complexity index is 655. The van der Waals surface area contributed by atoms with E-state index >= 15 is 0 Å².